The molecule has 0 saturated carbocycles. The number of nitrogens with zero attached hydrogens (tertiary/aromatic N) is 2. The van der Waals surface area contributed by atoms with Crippen LogP contribution in [-0.4, -0.2) is 48.4 Å². The first-order chi connectivity index (χ1) is 6.04. The van der Waals surface area contributed by atoms with E-state index in [9.17, 15) is 4.79 Å². The molecule has 3 nitrogen and oxygen atoms in total. The quantitative estimate of drug-likeness (QED) is 0.638. The van der Waals surface area contributed by atoms with E-state index in [0.29, 0.717) is 6.04 Å². The fraction of sp³-hybridized carbons (Fsp3) is 0.900. The van der Waals surface area contributed by atoms with E-state index in [1.54, 1.807) is 4.90 Å². The molecule has 13 heavy (non-hydrogen) atoms. The molecule has 1 aliphatic heterocycles. The van der Waals surface area contributed by atoms with Gasteiger partial charge in [0.1, 0.15) is 0 Å². The molecule has 1 atom stereocenters. The molecule has 0 radical (unpaired) electrons. The molecule has 0 N–H and O–H groups in total. The maximum atomic E-state index is 11.7. The SMILES string of the molecule is CC(C)N1CCCC1C(=O)N(C)C. The molecule has 1 aliphatic rings. The molecule has 76 valence electrons. The lowest BCUT2D eigenvalue weighted by Crippen LogP contribution is -2.45. The fourth-order valence-corrected chi connectivity index (χ4v) is 1.97. The molecule has 0 spiro atoms. The van der Waals surface area contributed by atoms with E-state index in [1.807, 2.05) is 14.1 Å². The van der Waals surface area contributed by atoms with Crippen LogP contribution in [0, 0.1) is 0 Å². The van der Waals surface area contributed by atoms with Gasteiger partial charge in [0.2, 0.25) is 5.91 Å². The van der Waals surface area contributed by atoms with Gasteiger partial charge in [-0.15, -0.1) is 0 Å². The first kappa shape index (κ1) is 10.5. The van der Waals surface area contributed by atoms with Gasteiger partial charge in [-0.3, -0.25) is 9.69 Å². The monoisotopic (exact) mass is 184 g/mol. The van der Waals surface area contributed by atoms with Gasteiger partial charge in [0.25, 0.3) is 0 Å². The number of hydrogen-bond donors (Lipinski definition) is 0. The third kappa shape index (κ3) is 2.21. The molecule has 0 aromatic rings. The van der Waals surface area contributed by atoms with Crippen LogP contribution in [0.25, 0.3) is 0 Å². The zero-order valence-corrected chi connectivity index (χ0v) is 9.08. The summed E-state index contributed by atoms with van der Waals surface area (Å²) < 4.78 is 0. The average Bonchev–Trinajstić information content (AvgIpc) is 2.50. The summed E-state index contributed by atoms with van der Waals surface area (Å²) in [7, 11) is 3.66. The van der Waals surface area contributed by atoms with Crippen molar-refractivity contribution < 1.29 is 4.79 Å². The average molecular weight is 184 g/mol. The van der Waals surface area contributed by atoms with Gasteiger partial charge in [0.05, 0.1) is 6.04 Å². The van der Waals surface area contributed by atoms with Crippen molar-refractivity contribution in [3.8, 4) is 0 Å². The van der Waals surface area contributed by atoms with Gasteiger partial charge in [0, 0.05) is 20.1 Å². The summed E-state index contributed by atoms with van der Waals surface area (Å²) in [5.74, 6) is 0.256. The molecule has 1 fully saturated rings. The minimum Gasteiger partial charge on any atom is -0.347 e. The van der Waals surface area contributed by atoms with E-state index < -0.39 is 0 Å². The Bertz CT molecular complexity index is 189. The van der Waals surface area contributed by atoms with Crippen molar-refractivity contribution in [2.75, 3.05) is 20.6 Å². The third-order valence-electron chi connectivity index (χ3n) is 2.68. The Morgan fingerprint density at radius 1 is 1.46 bits per heavy atom. The van der Waals surface area contributed by atoms with Crippen LogP contribution >= 0.6 is 0 Å². The molecule has 0 aromatic heterocycles. The van der Waals surface area contributed by atoms with Crippen LogP contribution < -0.4 is 0 Å². The van der Waals surface area contributed by atoms with Crippen molar-refractivity contribution in [1.29, 1.82) is 0 Å². The van der Waals surface area contributed by atoms with E-state index >= 15 is 0 Å². The molecule has 0 bridgehead atoms. The topological polar surface area (TPSA) is 23.6 Å². The summed E-state index contributed by atoms with van der Waals surface area (Å²) in [6.45, 7) is 5.38. The van der Waals surface area contributed by atoms with Crippen molar-refractivity contribution in [2.24, 2.45) is 0 Å². The number of rotatable bonds is 2. The first-order valence-electron chi connectivity index (χ1n) is 5.01. The fourth-order valence-electron chi connectivity index (χ4n) is 1.97. The predicted octanol–water partition coefficient (Wildman–Crippen LogP) is 0.947. The minimum absolute atomic E-state index is 0.134. The van der Waals surface area contributed by atoms with Gasteiger partial charge in [-0.25, -0.2) is 0 Å². The van der Waals surface area contributed by atoms with E-state index in [1.165, 1.54) is 0 Å². The van der Waals surface area contributed by atoms with Crippen molar-refractivity contribution >= 4 is 5.91 Å². The normalized spacial score (nSPS) is 23.9. The van der Waals surface area contributed by atoms with E-state index in [0.717, 1.165) is 19.4 Å². The number of amides is 1. The highest BCUT2D eigenvalue weighted by Gasteiger charge is 2.32. The zero-order chi connectivity index (χ0) is 10.0. The number of likely N-dealkylation sites (tertiary alicyclic amines) is 1. The molecule has 1 amide bonds. The lowest BCUT2D eigenvalue weighted by molar-refractivity contribution is -0.133. The van der Waals surface area contributed by atoms with Crippen LogP contribution in [0.2, 0.25) is 0 Å². The van der Waals surface area contributed by atoms with Crippen LogP contribution in [0.5, 0.6) is 0 Å². The van der Waals surface area contributed by atoms with Crippen molar-refractivity contribution in [1.82, 2.24) is 9.80 Å². The van der Waals surface area contributed by atoms with E-state index in [-0.39, 0.29) is 11.9 Å². The van der Waals surface area contributed by atoms with Crippen LogP contribution in [0.1, 0.15) is 26.7 Å². The molecule has 3 heteroatoms. The van der Waals surface area contributed by atoms with Gasteiger partial charge >= 0.3 is 0 Å². The number of carbonyl (C=O) groups excluding carboxylic acids is 1. The summed E-state index contributed by atoms with van der Waals surface area (Å²) in [5, 5.41) is 0. The predicted molar refractivity (Wildman–Crippen MR) is 53.6 cm³/mol. The number of likely N-dealkylation sites (N-methyl/N-ethyl adjacent to an activating group) is 1. The number of carbonyl (C=O) groups is 1. The Morgan fingerprint density at radius 2 is 2.08 bits per heavy atom. The van der Waals surface area contributed by atoms with Crippen LogP contribution in [0.15, 0.2) is 0 Å². The maximum absolute atomic E-state index is 11.7. The van der Waals surface area contributed by atoms with E-state index in [4.69, 9.17) is 0 Å². The van der Waals surface area contributed by atoms with Gasteiger partial charge < -0.3 is 4.90 Å². The molecule has 1 saturated heterocycles. The molecular weight excluding hydrogens is 164 g/mol. The van der Waals surface area contributed by atoms with Crippen LogP contribution in [0.4, 0.5) is 0 Å². The van der Waals surface area contributed by atoms with E-state index in [2.05, 4.69) is 18.7 Å². The maximum Gasteiger partial charge on any atom is 0.239 e. The Hall–Kier alpha value is -0.570. The summed E-state index contributed by atoms with van der Waals surface area (Å²) in [6, 6.07) is 0.617. The second kappa shape index (κ2) is 4.09. The van der Waals surface area contributed by atoms with Crippen LogP contribution in [-0.2, 0) is 4.79 Å². The van der Waals surface area contributed by atoms with Crippen LogP contribution in [0.3, 0.4) is 0 Å². The van der Waals surface area contributed by atoms with Gasteiger partial charge in [-0.05, 0) is 33.2 Å². The molecule has 1 unspecified atom stereocenters. The summed E-state index contributed by atoms with van der Waals surface area (Å²) in [5.41, 5.74) is 0. The highest BCUT2D eigenvalue weighted by Crippen LogP contribution is 2.20. The molecule has 0 aliphatic carbocycles. The van der Waals surface area contributed by atoms with Crippen molar-refractivity contribution in [3.05, 3.63) is 0 Å². The molecular formula is C10H20N2O. The lowest BCUT2D eigenvalue weighted by Gasteiger charge is -2.29. The van der Waals surface area contributed by atoms with Gasteiger partial charge in [-0.2, -0.15) is 0 Å². The third-order valence-corrected chi connectivity index (χ3v) is 2.68. The number of hydrogen-bond acceptors (Lipinski definition) is 2. The molecule has 1 rings (SSSR count). The first-order valence-corrected chi connectivity index (χ1v) is 5.01. The Balaban J connectivity index is 2.63. The van der Waals surface area contributed by atoms with Crippen molar-refractivity contribution in [2.45, 2.75) is 38.8 Å². The highest BCUT2D eigenvalue weighted by molar-refractivity contribution is 5.81. The van der Waals surface area contributed by atoms with Gasteiger partial charge in [-0.1, -0.05) is 0 Å². The second-order valence-corrected chi connectivity index (χ2v) is 4.22. The summed E-state index contributed by atoms with van der Waals surface area (Å²) in [6.07, 6.45) is 2.18. The molecule has 0 aromatic carbocycles. The Morgan fingerprint density at radius 3 is 2.54 bits per heavy atom. The van der Waals surface area contributed by atoms with Gasteiger partial charge in [0.15, 0.2) is 0 Å². The standard InChI is InChI=1S/C10H20N2O/c1-8(2)12-7-5-6-9(12)10(13)11(3)4/h8-9H,5-7H2,1-4H3. The summed E-state index contributed by atoms with van der Waals surface area (Å²) >= 11 is 0. The highest BCUT2D eigenvalue weighted by atomic mass is 16.2. The summed E-state index contributed by atoms with van der Waals surface area (Å²) in [4.78, 5) is 15.7. The zero-order valence-electron chi connectivity index (χ0n) is 9.08. The lowest BCUT2D eigenvalue weighted by atomic mass is 10.2. The van der Waals surface area contributed by atoms with Crippen molar-refractivity contribution in [3.63, 3.8) is 0 Å². The Kier molecular flexibility index (Phi) is 3.31. The molecule has 1 heterocycles. The minimum atomic E-state index is 0.134. The second-order valence-electron chi connectivity index (χ2n) is 4.22. The Labute approximate surface area is 80.7 Å². The smallest absolute Gasteiger partial charge is 0.239 e. The largest absolute Gasteiger partial charge is 0.347 e.